The minimum Gasteiger partial charge on any atom is -0.345 e. The second-order valence-corrected chi connectivity index (χ2v) is 6.72. The Morgan fingerprint density at radius 1 is 1.31 bits per heavy atom. The van der Waals surface area contributed by atoms with Crippen molar-refractivity contribution in [1.29, 1.82) is 0 Å². The van der Waals surface area contributed by atoms with Gasteiger partial charge in [0, 0.05) is 28.9 Å². The van der Waals surface area contributed by atoms with E-state index >= 15 is 0 Å². The number of hydrogen-bond acceptors (Lipinski definition) is 3. The fourth-order valence-electron chi connectivity index (χ4n) is 2.71. The van der Waals surface area contributed by atoms with Gasteiger partial charge >= 0.3 is 6.18 Å². The van der Waals surface area contributed by atoms with Crippen LogP contribution < -0.4 is 5.32 Å². The topological polar surface area (TPSA) is 58.0 Å². The molecule has 0 bridgehead atoms. The molecule has 0 amide bonds. The highest BCUT2D eigenvalue weighted by molar-refractivity contribution is 6.29. The fourth-order valence-corrected chi connectivity index (χ4v) is 2.86. The van der Waals surface area contributed by atoms with Crippen molar-refractivity contribution in [2.45, 2.75) is 19.1 Å². The number of rotatable bonds is 3. The first-order chi connectivity index (χ1) is 13.7. The molecule has 1 atom stereocenters. The third kappa shape index (κ3) is 4.44. The molecule has 0 saturated heterocycles. The van der Waals surface area contributed by atoms with Crippen molar-refractivity contribution in [1.82, 2.24) is 24.9 Å². The average Bonchev–Trinajstić information content (AvgIpc) is 3.29. The first-order valence-corrected chi connectivity index (χ1v) is 9.10. The highest BCUT2D eigenvalue weighted by atomic mass is 35.5. The van der Waals surface area contributed by atoms with Crippen molar-refractivity contribution in [2.24, 2.45) is 0 Å². The molecule has 29 heavy (non-hydrogen) atoms. The van der Waals surface area contributed by atoms with Crippen molar-refractivity contribution in [3.63, 3.8) is 0 Å². The molecular weight excluding hydrogens is 403 g/mol. The number of alkyl halides is 3. The van der Waals surface area contributed by atoms with Gasteiger partial charge < -0.3 is 10.3 Å². The second-order valence-electron chi connectivity index (χ2n) is 6.33. The van der Waals surface area contributed by atoms with Gasteiger partial charge in [-0.25, -0.2) is 9.50 Å². The quantitative estimate of drug-likeness (QED) is 0.439. The van der Waals surface area contributed by atoms with Crippen molar-refractivity contribution < 1.29 is 13.2 Å². The normalized spacial score (nSPS) is 12.6. The van der Waals surface area contributed by atoms with Gasteiger partial charge in [-0.3, -0.25) is 0 Å². The number of pyridine rings is 2. The third-order valence-electron chi connectivity index (χ3n) is 4.51. The van der Waals surface area contributed by atoms with Crippen LogP contribution in [0.1, 0.15) is 12.5 Å². The predicted molar refractivity (Wildman–Crippen MR) is 110 cm³/mol. The van der Waals surface area contributed by atoms with Gasteiger partial charge in [0.2, 0.25) is 0 Å². The highest BCUT2D eigenvalue weighted by Gasteiger charge is 2.34. The zero-order valence-corrected chi connectivity index (χ0v) is 16.5. The van der Waals surface area contributed by atoms with E-state index in [9.17, 15) is 13.2 Å². The molecule has 0 radical (unpaired) electrons. The number of H-pyrrole nitrogens is 1. The van der Waals surface area contributed by atoms with E-state index in [4.69, 9.17) is 11.6 Å². The van der Waals surface area contributed by atoms with Crippen LogP contribution in [0.4, 0.5) is 13.2 Å². The van der Waals surface area contributed by atoms with Crippen molar-refractivity contribution in [3.05, 3.63) is 60.2 Å². The van der Waals surface area contributed by atoms with Crippen LogP contribution in [-0.2, 0) is 0 Å². The summed E-state index contributed by atoms with van der Waals surface area (Å²) in [5, 5.41) is 7.90. The summed E-state index contributed by atoms with van der Waals surface area (Å²) in [5.41, 5.74) is 5.01. The number of halogens is 4. The van der Waals surface area contributed by atoms with Gasteiger partial charge in [0.1, 0.15) is 16.8 Å². The molecular formula is C20H19ClF3N5. The molecule has 0 aliphatic rings. The number of nitrogens with one attached hydrogen (secondary N) is 2. The van der Waals surface area contributed by atoms with Crippen LogP contribution in [-0.4, -0.2) is 38.8 Å². The molecule has 1 unspecified atom stereocenters. The summed E-state index contributed by atoms with van der Waals surface area (Å²) >= 11 is 5.92. The van der Waals surface area contributed by atoms with Crippen molar-refractivity contribution in [3.8, 4) is 11.1 Å². The van der Waals surface area contributed by atoms with Gasteiger partial charge in [0.25, 0.3) is 0 Å². The van der Waals surface area contributed by atoms with Crippen LogP contribution >= 0.6 is 11.6 Å². The first-order valence-electron chi connectivity index (χ1n) is 8.72. The summed E-state index contributed by atoms with van der Waals surface area (Å²) in [6, 6.07) is 6.51. The fraction of sp³-hybridized carbons (Fsp3) is 0.200. The van der Waals surface area contributed by atoms with Gasteiger partial charge in [-0.15, -0.1) is 0 Å². The molecule has 0 aromatic carbocycles. The van der Waals surface area contributed by atoms with E-state index in [1.807, 2.05) is 41.3 Å². The minimum absolute atomic E-state index is 0.482. The van der Waals surface area contributed by atoms with E-state index in [2.05, 4.69) is 33.0 Å². The molecule has 0 fully saturated rings. The van der Waals surface area contributed by atoms with Gasteiger partial charge in [0.05, 0.1) is 11.7 Å². The Kier molecular flexibility index (Phi) is 5.95. The van der Waals surface area contributed by atoms with E-state index in [0.29, 0.717) is 5.15 Å². The monoisotopic (exact) mass is 421 g/mol. The zero-order valence-electron chi connectivity index (χ0n) is 15.8. The van der Waals surface area contributed by atoms with Crippen molar-refractivity contribution in [2.75, 3.05) is 7.05 Å². The largest absolute Gasteiger partial charge is 0.403 e. The Hall–Kier alpha value is -2.84. The Morgan fingerprint density at radius 3 is 2.69 bits per heavy atom. The van der Waals surface area contributed by atoms with Crippen molar-refractivity contribution >= 4 is 34.2 Å². The van der Waals surface area contributed by atoms with Crippen LogP contribution in [0.5, 0.6) is 0 Å². The molecule has 0 aliphatic heterocycles. The Bertz CT molecular complexity index is 1150. The number of aromatic amines is 1. The molecule has 4 heterocycles. The molecule has 0 aliphatic carbocycles. The summed E-state index contributed by atoms with van der Waals surface area (Å²) < 4.78 is 36.0. The van der Waals surface area contributed by atoms with E-state index in [0.717, 1.165) is 40.2 Å². The second kappa shape index (κ2) is 8.26. The van der Waals surface area contributed by atoms with E-state index in [-0.39, 0.29) is 0 Å². The summed E-state index contributed by atoms with van der Waals surface area (Å²) in [6.07, 6.45) is 3.41. The Balaban J connectivity index is 0.000000258. The molecule has 0 spiro atoms. The van der Waals surface area contributed by atoms with Gasteiger partial charge in [-0.1, -0.05) is 24.3 Å². The number of fused-ring (bicyclic) bond motifs is 2. The highest BCUT2D eigenvalue weighted by Crippen LogP contribution is 2.30. The zero-order chi connectivity index (χ0) is 21.2. The summed E-state index contributed by atoms with van der Waals surface area (Å²) in [6.45, 7) is 4.89. The first kappa shape index (κ1) is 20.9. The summed E-state index contributed by atoms with van der Waals surface area (Å²) in [4.78, 5) is 7.44. The molecule has 4 aromatic heterocycles. The number of nitrogens with zero attached hydrogens (tertiary/aromatic N) is 3. The molecule has 152 valence electrons. The molecule has 4 aromatic rings. The maximum atomic E-state index is 11.4. The van der Waals surface area contributed by atoms with E-state index in [1.54, 1.807) is 6.07 Å². The smallest absolute Gasteiger partial charge is 0.345 e. The Labute approximate surface area is 170 Å². The molecule has 4 rings (SSSR count). The molecule has 5 nitrogen and oxygen atoms in total. The SMILES string of the molecule is C=Cc1cnn2ccc(-c3c[nH]c4nc(Cl)ccc34)cc12.CNC(C)C(F)(F)F. The van der Waals surface area contributed by atoms with Crippen LogP contribution in [0, 0.1) is 0 Å². The lowest BCUT2D eigenvalue weighted by atomic mass is 10.1. The predicted octanol–water partition coefficient (Wildman–Crippen LogP) is 5.33. The lowest BCUT2D eigenvalue weighted by Crippen LogP contribution is -2.36. The van der Waals surface area contributed by atoms with Gasteiger partial charge in [0.15, 0.2) is 0 Å². The van der Waals surface area contributed by atoms with Gasteiger partial charge in [-0.05, 0) is 43.8 Å². The summed E-state index contributed by atoms with van der Waals surface area (Å²) in [5.74, 6) is 0. The lowest BCUT2D eigenvalue weighted by Gasteiger charge is -2.13. The summed E-state index contributed by atoms with van der Waals surface area (Å²) in [7, 11) is 1.28. The van der Waals surface area contributed by atoms with Crippen LogP contribution in [0.15, 0.2) is 49.4 Å². The molecule has 2 N–H and O–H groups in total. The number of aromatic nitrogens is 4. The van der Waals surface area contributed by atoms with E-state index in [1.165, 1.54) is 7.05 Å². The van der Waals surface area contributed by atoms with Crippen LogP contribution in [0.25, 0.3) is 33.8 Å². The molecule has 9 heteroatoms. The van der Waals surface area contributed by atoms with Gasteiger partial charge in [-0.2, -0.15) is 18.3 Å². The van der Waals surface area contributed by atoms with Crippen LogP contribution in [0.2, 0.25) is 5.15 Å². The minimum atomic E-state index is -4.10. The number of hydrogen-bond donors (Lipinski definition) is 2. The maximum Gasteiger partial charge on any atom is 0.403 e. The standard InChI is InChI=1S/C16H11ClN4.C4H8F3N/c1-2-10-8-19-21-6-5-11(7-14(10)21)13-9-18-16-12(13)3-4-15(17)20-16;1-3(8-2)4(5,6)7/h2-9H,1H2,(H,18,20);3,8H,1-2H3. The average molecular weight is 422 g/mol. The van der Waals surface area contributed by atoms with Crippen LogP contribution in [0.3, 0.4) is 0 Å². The lowest BCUT2D eigenvalue weighted by molar-refractivity contribution is -0.150. The van der Waals surface area contributed by atoms with E-state index < -0.39 is 12.2 Å². The Morgan fingerprint density at radius 2 is 2.07 bits per heavy atom. The third-order valence-corrected chi connectivity index (χ3v) is 4.72. The molecule has 0 saturated carbocycles. The maximum absolute atomic E-state index is 11.4.